The fourth-order valence-electron chi connectivity index (χ4n) is 3.00. The van der Waals surface area contributed by atoms with Crippen molar-refractivity contribution in [2.45, 2.75) is 51.7 Å². The van der Waals surface area contributed by atoms with Crippen LogP contribution in [0.25, 0.3) is 0 Å². The molecule has 0 amide bonds. The van der Waals surface area contributed by atoms with Crippen LogP contribution in [0, 0.1) is 5.92 Å². The number of pyridine rings is 1. The van der Waals surface area contributed by atoms with Crippen molar-refractivity contribution in [2.24, 2.45) is 5.92 Å². The van der Waals surface area contributed by atoms with Gasteiger partial charge < -0.3 is 9.47 Å². The van der Waals surface area contributed by atoms with E-state index in [4.69, 9.17) is 9.47 Å². The SMILES string of the molecule is CC(C)C(C)c1cnc2c(c1)CC1(CC2)OCCO1. The standard InChI is InChI=1S/C16H23NO2/c1-11(2)12(3)14-8-13-9-16(18-6-7-19-16)5-4-15(13)17-10-14/h8,10-12H,4-7,9H2,1-3H3. The Bertz CT molecular complexity index is 464. The van der Waals surface area contributed by atoms with Crippen molar-refractivity contribution in [1.82, 2.24) is 4.98 Å². The second kappa shape index (κ2) is 4.88. The Labute approximate surface area is 115 Å². The van der Waals surface area contributed by atoms with Crippen LogP contribution in [-0.2, 0) is 22.3 Å². The van der Waals surface area contributed by atoms with Crippen molar-refractivity contribution in [1.29, 1.82) is 0 Å². The van der Waals surface area contributed by atoms with E-state index in [0.717, 1.165) is 32.5 Å². The molecule has 1 aromatic rings. The molecular formula is C16H23NO2. The number of ether oxygens (including phenoxy) is 2. The van der Waals surface area contributed by atoms with Crippen molar-refractivity contribution < 1.29 is 9.47 Å². The van der Waals surface area contributed by atoms with E-state index in [0.29, 0.717) is 11.8 Å². The van der Waals surface area contributed by atoms with Gasteiger partial charge in [0.15, 0.2) is 5.79 Å². The van der Waals surface area contributed by atoms with Crippen LogP contribution in [0.5, 0.6) is 0 Å². The van der Waals surface area contributed by atoms with Gasteiger partial charge in [0.25, 0.3) is 0 Å². The zero-order chi connectivity index (χ0) is 13.5. The molecule has 1 atom stereocenters. The van der Waals surface area contributed by atoms with Crippen LogP contribution < -0.4 is 0 Å². The Hall–Kier alpha value is -0.930. The lowest BCUT2D eigenvalue weighted by Gasteiger charge is -2.32. The third kappa shape index (κ3) is 2.41. The van der Waals surface area contributed by atoms with Crippen molar-refractivity contribution in [3.63, 3.8) is 0 Å². The van der Waals surface area contributed by atoms with E-state index in [9.17, 15) is 0 Å². The molecule has 1 unspecified atom stereocenters. The summed E-state index contributed by atoms with van der Waals surface area (Å²) in [7, 11) is 0. The Morgan fingerprint density at radius 3 is 2.63 bits per heavy atom. The lowest BCUT2D eigenvalue weighted by Crippen LogP contribution is -2.37. The summed E-state index contributed by atoms with van der Waals surface area (Å²) in [4.78, 5) is 4.67. The van der Waals surface area contributed by atoms with Gasteiger partial charge in [-0.05, 0) is 29.4 Å². The Balaban J connectivity index is 1.88. The first-order valence-electron chi connectivity index (χ1n) is 7.35. The Morgan fingerprint density at radius 1 is 1.21 bits per heavy atom. The number of aryl methyl sites for hydroxylation is 1. The van der Waals surface area contributed by atoms with Crippen LogP contribution in [0.4, 0.5) is 0 Å². The van der Waals surface area contributed by atoms with Crippen molar-refractivity contribution in [3.8, 4) is 0 Å². The molecule has 1 fully saturated rings. The van der Waals surface area contributed by atoms with Gasteiger partial charge in [0, 0.05) is 24.7 Å². The van der Waals surface area contributed by atoms with Gasteiger partial charge in [0.2, 0.25) is 0 Å². The fourth-order valence-corrected chi connectivity index (χ4v) is 3.00. The highest BCUT2D eigenvalue weighted by Gasteiger charge is 2.40. The molecule has 1 aromatic heterocycles. The smallest absolute Gasteiger partial charge is 0.172 e. The van der Waals surface area contributed by atoms with Gasteiger partial charge in [-0.15, -0.1) is 0 Å². The minimum Gasteiger partial charge on any atom is -0.347 e. The second-order valence-corrected chi connectivity index (χ2v) is 6.19. The van der Waals surface area contributed by atoms with Gasteiger partial charge in [-0.3, -0.25) is 4.98 Å². The summed E-state index contributed by atoms with van der Waals surface area (Å²) in [5, 5.41) is 0. The van der Waals surface area contributed by atoms with Gasteiger partial charge >= 0.3 is 0 Å². The lowest BCUT2D eigenvalue weighted by molar-refractivity contribution is -0.164. The van der Waals surface area contributed by atoms with E-state index in [2.05, 4.69) is 38.0 Å². The number of rotatable bonds is 2. The first-order valence-corrected chi connectivity index (χ1v) is 7.35. The molecule has 19 heavy (non-hydrogen) atoms. The minimum absolute atomic E-state index is 0.353. The van der Waals surface area contributed by atoms with Gasteiger partial charge in [-0.1, -0.05) is 26.8 Å². The molecule has 0 aromatic carbocycles. The molecule has 2 heterocycles. The molecule has 2 aliphatic rings. The van der Waals surface area contributed by atoms with Crippen LogP contribution in [0.2, 0.25) is 0 Å². The molecule has 0 radical (unpaired) electrons. The van der Waals surface area contributed by atoms with Crippen LogP contribution in [0.15, 0.2) is 12.3 Å². The summed E-state index contributed by atoms with van der Waals surface area (Å²) < 4.78 is 11.7. The minimum atomic E-state index is -0.353. The van der Waals surface area contributed by atoms with Crippen LogP contribution in [0.1, 0.15) is 49.9 Å². The van der Waals surface area contributed by atoms with Gasteiger partial charge in [0.05, 0.1) is 13.2 Å². The molecule has 1 saturated heterocycles. The number of fused-ring (bicyclic) bond motifs is 1. The van der Waals surface area contributed by atoms with E-state index >= 15 is 0 Å². The van der Waals surface area contributed by atoms with Crippen LogP contribution >= 0.6 is 0 Å². The largest absolute Gasteiger partial charge is 0.347 e. The number of nitrogens with zero attached hydrogens (tertiary/aromatic N) is 1. The van der Waals surface area contributed by atoms with E-state index < -0.39 is 0 Å². The molecule has 104 valence electrons. The first-order chi connectivity index (χ1) is 9.10. The van der Waals surface area contributed by atoms with Crippen LogP contribution in [0.3, 0.4) is 0 Å². The van der Waals surface area contributed by atoms with Crippen molar-refractivity contribution in [3.05, 3.63) is 29.1 Å². The molecule has 3 heteroatoms. The molecule has 3 nitrogen and oxygen atoms in total. The van der Waals surface area contributed by atoms with E-state index in [1.807, 2.05) is 0 Å². The van der Waals surface area contributed by atoms with Gasteiger partial charge in [0.1, 0.15) is 0 Å². The molecule has 1 spiro atoms. The number of aromatic nitrogens is 1. The number of hydrogen-bond donors (Lipinski definition) is 0. The first kappa shape index (κ1) is 13.1. The zero-order valence-corrected chi connectivity index (χ0v) is 12.1. The molecule has 0 saturated carbocycles. The van der Waals surface area contributed by atoms with Crippen molar-refractivity contribution in [2.75, 3.05) is 13.2 Å². The molecule has 3 rings (SSSR count). The van der Waals surface area contributed by atoms with E-state index in [1.54, 1.807) is 0 Å². The molecular weight excluding hydrogens is 238 g/mol. The molecule has 0 N–H and O–H groups in total. The normalized spacial score (nSPS) is 22.7. The topological polar surface area (TPSA) is 31.4 Å². The van der Waals surface area contributed by atoms with E-state index in [-0.39, 0.29) is 5.79 Å². The lowest BCUT2D eigenvalue weighted by atomic mass is 9.86. The molecule has 1 aliphatic carbocycles. The zero-order valence-electron chi connectivity index (χ0n) is 12.1. The third-order valence-corrected chi connectivity index (χ3v) is 4.62. The maximum absolute atomic E-state index is 5.84. The van der Waals surface area contributed by atoms with Crippen LogP contribution in [-0.4, -0.2) is 24.0 Å². The Kier molecular flexibility index (Phi) is 3.35. The third-order valence-electron chi connectivity index (χ3n) is 4.62. The molecule has 0 bridgehead atoms. The number of hydrogen-bond acceptors (Lipinski definition) is 3. The van der Waals surface area contributed by atoms with Gasteiger partial charge in [-0.2, -0.15) is 0 Å². The second-order valence-electron chi connectivity index (χ2n) is 6.19. The predicted molar refractivity (Wildman–Crippen MR) is 74.2 cm³/mol. The summed E-state index contributed by atoms with van der Waals surface area (Å²) in [6, 6.07) is 2.32. The Morgan fingerprint density at radius 2 is 1.95 bits per heavy atom. The van der Waals surface area contributed by atoms with E-state index in [1.165, 1.54) is 16.8 Å². The maximum atomic E-state index is 5.84. The average molecular weight is 261 g/mol. The monoisotopic (exact) mass is 261 g/mol. The highest BCUT2D eigenvalue weighted by molar-refractivity contribution is 5.31. The maximum Gasteiger partial charge on any atom is 0.172 e. The highest BCUT2D eigenvalue weighted by atomic mass is 16.7. The molecule has 1 aliphatic heterocycles. The summed E-state index contributed by atoms with van der Waals surface area (Å²) >= 11 is 0. The summed E-state index contributed by atoms with van der Waals surface area (Å²) in [5.74, 6) is 0.825. The summed E-state index contributed by atoms with van der Waals surface area (Å²) in [5.41, 5.74) is 3.88. The highest BCUT2D eigenvalue weighted by Crippen LogP contribution is 2.36. The van der Waals surface area contributed by atoms with Gasteiger partial charge in [-0.25, -0.2) is 0 Å². The fraction of sp³-hybridized carbons (Fsp3) is 0.688. The predicted octanol–water partition coefficient (Wildman–Crippen LogP) is 3.07. The summed E-state index contributed by atoms with van der Waals surface area (Å²) in [6.07, 6.45) is 4.81. The summed E-state index contributed by atoms with van der Waals surface area (Å²) in [6.45, 7) is 8.24. The average Bonchev–Trinajstić information content (AvgIpc) is 2.85. The quantitative estimate of drug-likeness (QED) is 0.820. The van der Waals surface area contributed by atoms with Crippen molar-refractivity contribution >= 4 is 0 Å².